The molecule has 0 saturated carbocycles. The molecule has 0 aliphatic carbocycles. The second-order valence-electron chi connectivity index (χ2n) is 5.65. The Bertz CT molecular complexity index is 738. The number of nitrogens with one attached hydrogen (secondary N) is 1. The fraction of sp³-hybridized carbons (Fsp3) is 0.333. The van der Waals surface area contributed by atoms with Crippen molar-refractivity contribution >= 4 is 10.0 Å². The summed E-state index contributed by atoms with van der Waals surface area (Å²) in [6, 6.07) is 14.1. The molecule has 0 atom stereocenters. The zero-order valence-electron chi connectivity index (χ0n) is 14.2. The number of hydrogen-bond acceptors (Lipinski definition) is 4. The predicted octanol–water partition coefficient (Wildman–Crippen LogP) is 3.18. The topological polar surface area (TPSA) is 64.6 Å². The van der Waals surface area contributed by atoms with Gasteiger partial charge in [-0.25, -0.2) is 13.1 Å². The first kappa shape index (κ1) is 18.3. The van der Waals surface area contributed by atoms with Crippen molar-refractivity contribution in [3.05, 3.63) is 54.1 Å². The highest BCUT2D eigenvalue weighted by atomic mass is 32.2. The zero-order valence-corrected chi connectivity index (χ0v) is 15.0. The fourth-order valence-corrected chi connectivity index (χ4v) is 3.15. The summed E-state index contributed by atoms with van der Waals surface area (Å²) in [5, 5.41) is 0. The van der Waals surface area contributed by atoms with Gasteiger partial charge in [-0.05, 0) is 47.9 Å². The molecule has 0 heterocycles. The molecule has 0 aromatic heterocycles. The molecule has 2 aromatic carbocycles. The Morgan fingerprint density at radius 3 is 2.08 bits per heavy atom. The molecule has 6 heteroatoms. The van der Waals surface area contributed by atoms with E-state index in [-0.39, 0.29) is 18.0 Å². The molecule has 0 unspecified atom stereocenters. The van der Waals surface area contributed by atoms with E-state index in [4.69, 9.17) is 9.47 Å². The fourth-order valence-electron chi connectivity index (χ4n) is 2.13. The van der Waals surface area contributed by atoms with Gasteiger partial charge >= 0.3 is 0 Å². The minimum atomic E-state index is -3.52. The average molecular weight is 349 g/mol. The highest BCUT2D eigenvalue weighted by molar-refractivity contribution is 7.89. The largest absolute Gasteiger partial charge is 0.497 e. The maximum atomic E-state index is 12.2. The van der Waals surface area contributed by atoms with Crippen molar-refractivity contribution in [1.82, 2.24) is 4.72 Å². The van der Waals surface area contributed by atoms with Gasteiger partial charge in [-0.1, -0.05) is 26.0 Å². The van der Waals surface area contributed by atoms with Gasteiger partial charge in [0.1, 0.15) is 18.1 Å². The number of hydrogen-bond donors (Lipinski definition) is 1. The summed E-state index contributed by atoms with van der Waals surface area (Å²) < 4.78 is 37.6. The first-order valence-electron chi connectivity index (χ1n) is 7.79. The summed E-state index contributed by atoms with van der Waals surface area (Å²) in [5.74, 6) is 1.77. The van der Waals surface area contributed by atoms with Crippen molar-refractivity contribution in [3.8, 4) is 11.5 Å². The van der Waals surface area contributed by atoms with Crippen molar-refractivity contribution < 1.29 is 17.9 Å². The highest BCUT2D eigenvalue weighted by Crippen LogP contribution is 2.18. The van der Waals surface area contributed by atoms with E-state index in [1.165, 1.54) is 0 Å². The Hall–Kier alpha value is -2.05. The van der Waals surface area contributed by atoms with Crippen molar-refractivity contribution in [3.63, 3.8) is 0 Å². The monoisotopic (exact) mass is 349 g/mol. The van der Waals surface area contributed by atoms with Gasteiger partial charge in [0.05, 0.1) is 12.0 Å². The van der Waals surface area contributed by atoms with Gasteiger partial charge in [0, 0.05) is 6.54 Å². The second-order valence-corrected chi connectivity index (χ2v) is 7.41. The Morgan fingerprint density at radius 1 is 0.958 bits per heavy atom. The summed E-state index contributed by atoms with van der Waals surface area (Å²) in [7, 11) is -1.92. The van der Waals surface area contributed by atoms with Crippen LogP contribution in [0.5, 0.6) is 11.5 Å². The standard InChI is InChI=1S/C18H23NO4S/c1-14(2)15-4-10-18(11-5-15)24(20,21)19-12-13-23-17-8-6-16(22-3)7-9-17/h4-11,14,19H,12-13H2,1-3H3. The van der Waals surface area contributed by atoms with Crippen LogP contribution < -0.4 is 14.2 Å². The lowest BCUT2D eigenvalue weighted by atomic mass is 10.0. The van der Waals surface area contributed by atoms with Crippen LogP contribution in [-0.4, -0.2) is 28.7 Å². The van der Waals surface area contributed by atoms with E-state index >= 15 is 0 Å². The van der Waals surface area contributed by atoms with Gasteiger partial charge in [-0.3, -0.25) is 0 Å². The Kier molecular flexibility index (Phi) is 6.23. The lowest BCUT2D eigenvalue weighted by Crippen LogP contribution is -2.28. The van der Waals surface area contributed by atoms with Crippen LogP contribution in [0.4, 0.5) is 0 Å². The number of ether oxygens (including phenoxy) is 2. The first-order chi connectivity index (χ1) is 11.4. The van der Waals surface area contributed by atoms with E-state index in [1.807, 2.05) is 12.1 Å². The molecule has 2 aromatic rings. The van der Waals surface area contributed by atoms with Gasteiger partial charge in [-0.2, -0.15) is 0 Å². The zero-order chi connectivity index (χ0) is 17.6. The van der Waals surface area contributed by atoms with Gasteiger partial charge in [0.2, 0.25) is 10.0 Å². The van der Waals surface area contributed by atoms with Crippen molar-refractivity contribution in [2.75, 3.05) is 20.3 Å². The van der Waals surface area contributed by atoms with E-state index in [1.54, 1.807) is 43.5 Å². The Labute approximate surface area is 143 Å². The van der Waals surface area contributed by atoms with E-state index in [0.717, 1.165) is 11.3 Å². The summed E-state index contributed by atoms with van der Waals surface area (Å²) in [4.78, 5) is 0.261. The van der Waals surface area contributed by atoms with Gasteiger partial charge in [0.15, 0.2) is 0 Å². The third-order valence-corrected chi connectivity index (χ3v) is 5.06. The molecule has 0 fully saturated rings. The molecule has 24 heavy (non-hydrogen) atoms. The van der Waals surface area contributed by atoms with E-state index in [9.17, 15) is 8.42 Å². The molecule has 0 saturated heterocycles. The van der Waals surface area contributed by atoms with Crippen LogP contribution in [-0.2, 0) is 10.0 Å². The molecular formula is C18H23NO4S. The number of rotatable bonds is 8. The smallest absolute Gasteiger partial charge is 0.240 e. The number of methoxy groups -OCH3 is 1. The van der Waals surface area contributed by atoms with Crippen molar-refractivity contribution in [1.29, 1.82) is 0 Å². The van der Waals surface area contributed by atoms with Crippen LogP contribution in [0.15, 0.2) is 53.4 Å². The Balaban J connectivity index is 1.85. The normalized spacial score (nSPS) is 11.5. The number of sulfonamides is 1. The van der Waals surface area contributed by atoms with Crippen molar-refractivity contribution in [2.24, 2.45) is 0 Å². The van der Waals surface area contributed by atoms with E-state index in [2.05, 4.69) is 18.6 Å². The number of benzene rings is 2. The van der Waals surface area contributed by atoms with Gasteiger partial charge < -0.3 is 9.47 Å². The minimum Gasteiger partial charge on any atom is -0.497 e. The molecule has 2 rings (SSSR count). The van der Waals surface area contributed by atoms with E-state index < -0.39 is 10.0 Å². The van der Waals surface area contributed by atoms with Crippen LogP contribution >= 0.6 is 0 Å². The van der Waals surface area contributed by atoms with Crippen LogP contribution in [0.2, 0.25) is 0 Å². The molecule has 5 nitrogen and oxygen atoms in total. The summed E-state index contributed by atoms with van der Waals surface area (Å²) >= 11 is 0. The maximum Gasteiger partial charge on any atom is 0.240 e. The lowest BCUT2D eigenvalue weighted by molar-refractivity contribution is 0.322. The van der Waals surface area contributed by atoms with E-state index in [0.29, 0.717) is 11.7 Å². The predicted molar refractivity (Wildman–Crippen MR) is 94.2 cm³/mol. The molecule has 0 bridgehead atoms. The van der Waals surface area contributed by atoms with Crippen molar-refractivity contribution in [2.45, 2.75) is 24.7 Å². The molecule has 130 valence electrons. The van der Waals surface area contributed by atoms with Crippen LogP contribution in [0.3, 0.4) is 0 Å². The molecule has 0 aliphatic rings. The third kappa shape index (κ3) is 4.97. The molecule has 0 radical (unpaired) electrons. The Morgan fingerprint density at radius 2 is 1.54 bits per heavy atom. The molecule has 0 spiro atoms. The maximum absolute atomic E-state index is 12.2. The molecule has 0 amide bonds. The third-order valence-electron chi connectivity index (χ3n) is 3.58. The van der Waals surface area contributed by atoms with Gasteiger partial charge in [-0.15, -0.1) is 0 Å². The van der Waals surface area contributed by atoms with Gasteiger partial charge in [0.25, 0.3) is 0 Å². The molecule has 1 N–H and O–H groups in total. The minimum absolute atomic E-state index is 0.195. The molecule has 0 aliphatic heterocycles. The second kappa shape index (κ2) is 8.17. The summed E-state index contributed by atoms with van der Waals surface area (Å²) in [6.07, 6.45) is 0. The summed E-state index contributed by atoms with van der Waals surface area (Å²) in [6.45, 7) is 4.58. The highest BCUT2D eigenvalue weighted by Gasteiger charge is 2.13. The SMILES string of the molecule is COc1ccc(OCCNS(=O)(=O)c2ccc(C(C)C)cc2)cc1. The first-order valence-corrected chi connectivity index (χ1v) is 9.27. The lowest BCUT2D eigenvalue weighted by Gasteiger charge is -2.10. The van der Waals surface area contributed by atoms with Crippen LogP contribution in [0.1, 0.15) is 25.3 Å². The van der Waals surface area contributed by atoms with Crippen LogP contribution in [0.25, 0.3) is 0 Å². The quantitative estimate of drug-likeness (QED) is 0.744. The average Bonchev–Trinajstić information content (AvgIpc) is 2.59. The van der Waals surface area contributed by atoms with Crippen LogP contribution in [0, 0.1) is 0 Å². The molecular weight excluding hydrogens is 326 g/mol. The summed E-state index contributed by atoms with van der Waals surface area (Å²) in [5.41, 5.74) is 1.11.